The molecule has 90 valence electrons. The Morgan fingerprint density at radius 3 is 2.88 bits per heavy atom. The van der Waals surface area contributed by atoms with Crippen LogP contribution in [0.2, 0.25) is 0 Å². The standard InChI is InChI=1S/C14H18N2O/c1-10(17)6-5-9-15-14-11(2)16-13-8-4-3-7-12(13)14/h3-4,7-8,15-16H,5-6,9H2,1-2H3. The van der Waals surface area contributed by atoms with E-state index in [0.717, 1.165) is 29.9 Å². The van der Waals surface area contributed by atoms with E-state index in [0.29, 0.717) is 6.42 Å². The first-order chi connectivity index (χ1) is 8.18. The molecule has 0 saturated carbocycles. The highest BCUT2D eigenvalue weighted by Crippen LogP contribution is 2.26. The third-order valence-corrected chi connectivity index (χ3v) is 2.90. The van der Waals surface area contributed by atoms with Crippen molar-refractivity contribution in [2.75, 3.05) is 11.9 Å². The third-order valence-electron chi connectivity index (χ3n) is 2.90. The lowest BCUT2D eigenvalue weighted by atomic mass is 10.2. The molecule has 0 bridgehead atoms. The van der Waals surface area contributed by atoms with Gasteiger partial charge in [-0.05, 0) is 26.3 Å². The Hall–Kier alpha value is -1.77. The normalized spacial score (nSPS) is 10.7. The molecule has 0 saturated heterocycles. The fraction of sp³-hybridized carbons (Fsp3) is 0.357. The Morgan fingerprint density at radius 2 is 2.12 bits per heavy atom. The van der Waals surface area contributed by atoms with Crippen LogP contribution in [-0.4, -0.2) is 17.3 Å². The number of H-pyrrole nitrogens is 1. The van der Waals surface area contributed by atoms with Gasteiger partial charge in [0.15, 0.2) is 0 Å². The molecular weight excluding hydrogens is 212 g/mol. The summed E-state index contributed by atoms with van der Waals surface area (Å²) in [5, 5.41) is 4.62. The zero-order valence-electron chi connectivity index (χ0n) is 10.3. The van der Waals surface area contributed by atoms with Crippen LogP contribution in [-0.2, 0) is 4.79 Å². The Balaban J connectivity index is 2.07. The van der Waals surface area contributed by atoms with Gasteiger partial charge in [0.05, 0.1) is 5.69 Å². The van der Waals surface area contributed by atoms with Crippen LogP contribution in [0.4, 0.5) is 5.69 Å². The SMILES string of the molecule is CC(=O)CCCNc1c(C)[nH]c2ccccc12. The lowest BCUT2D eigenvalue weighted by Crippen LogP contribution is -2.04. The summed E-state index contributed by atoms with van der Waals surface area (Å²) in [6.45, 7) is 4.53. The zero-order chi connectivity index (χ0) is 12.3. The number of ketones is 1. The average Bonchev–Trinajstić information content (AvgIpc) is 2.60. The van der Waals surface area contributed by atoms with Gasteiger partial charge in [0, 0.05) is 29.6 Å². The summed E-state index contributed by atoms with van der Waals surface area (Å²) in [6.07, 6.45) is 1.53. The number of aromatic amines is 1. The van der Waals surface area contributed by atoms with Crippen molar-refractivity contribution >= 4 is 22.4 Å². The van der Waals surface area contributed by atoms with Crippen LogP contribution in [0, 0.1) is 6.92 Å². The van der Waals surface area contributed by atoms with E-state index in [2.05, 4.69) is 29.4 Å². The molecule has 2 aromatic rings. The van der Waals surface area contributed by atoms with Gasteiger partial charge in [0.1, 0.15) is 5.78 Å². The zero-order valence-corrected chi connectivity index (χ0v) is 10.3. The first-order valence-corrected chi connectivity index (χ1v) is 5.99. The van der Waals surface area contributed by atoms with Gasteiger partial charge in [-0.25, -0.2) is 0 Å². The molecule has 2 N–H and O–H groups in total. The average molecular weight is 230 g/mol. The van der Waals surface area contributed by atoms with Gasteiger partial charge in [0.25, 0.3) is 0 Å². The predicted octanol–water partition coefficient (Wildman–Crippen LogP) is 3.26. The predicted molar refractivity (Wildman–Crippen MR) is 71.4 cm³/mol. The number of hydrogen-bond donors (Lipinski definition) is 2. The van der Waals surface area contributed by atoms with E-state index in [1.54, 1.807) is 6.92 Å². The fourth-order valence-corrected chi connectivity index (χ4v) is 2.06. The summed E-state index contributed by atoms with van der Waals surface area (Å²) in [5.41, 5.74) is 3.46. The molecule has 0 amide bonds. The molecule has 1 aromatic heterocycles. The second-order valence-corrected chi connectivity index (χ2v) is 4.40. The number of fused-ring (bicyclic) bond motifs is 1. The molecule has 0 aliphatic carbocycles. The minimum absolute atomic E-state index is 0.252. The maximum absolute atomic E-state index is 10.9. The number of hydrogen-bond acceptors (Lipinski definition) is 2. The van der Waals surface area contributed by atoms with Gasteiger partial charge >= 0.3 is 0 Å². The summed E-state index contributed by atoms with van der Waals surface area (Å²) in [5.74, 6) is 0.252. The van der Waals surface area contributed by atoms with E-state index in [9.17, 15) is 4.79 Å². The second-order valence-electron chi connectivity index (χ2n) is 4.40. The van der Waals surface area contributed by atoms with Crippen LogP contribution in [0.5, 0.6) is 0 Å². The van der Waals surface area contributed by atoms with Crippen LogP contribution >= 0.6 is 0 Å². The highest BCUT2D eigenvalue weighted by atomic mass is 16.1. The summed E-state index contributed by atoms with van der Waals surface area (Å²) < 4.78 is 0. The van der Waals surface area contributed by atoms with Crippen molar-refractivity contribution in [1.82, 2.24) is 4.98 Å². The quantitative estimate of drug-likeness (QED) is 0.774. The molecule has 0 aliphatic rings. The van der Waals surface area contributed by atoms with E-state index in [-0.39, 0.29) is 5.78 Å². The smallest absolute Gasteiger partial charge is 0.129 e. The van der Waals surface area contributed by atoms with Crippen LogP contribution in [0.3, 0.4) is 0 Å². The van der Waals surface area contributed by atoms with E-state index >= 15 is 0 Å². The molecule has 2 rings (SSSR count). The fourth-order valence-electron chi connectivity index (χ4n) is 2.06. The van der Waals surface area contributed by atoms with Crippen molar-refractivity contribution in [3.63, 3.8) is 0 Å². The van der Waals surface area contributed by atoms with E-state index < -0.39 is 0 Å². The molecule has 0 radical (unpaired) electrons. The maximum Gasteiger partial charge on any atom is 0.129 e. The number of aryl methyl sites for hydroxylation is 1. The lowest BCUT2D eigenvalue weighted by Gasteiger charge is -2.05. The number of Topliss-reactive ketones (excluding diaryl/α,β-unsaturated/α-hetero) is 1. The van der Waals surface area contributed by atoms with E-state index in [1.165, 1.54) is 5.39 Å². The van der Waals surface area contributed by atoms with Crippen LogP contribution in [0.15, 0.2) is 24.3 Å². The summed E-state index contributed by atoms with van der Waals surface area (Å²) in [7, 11) is 0. The minimum Gasteiger partial charge on any atom is -0.383 e. The van der Waals surface area contributed by atoms with Gasteiger partial charge in [0.2, 0.25) is 0 Å². The first-order valence-electron chi connectivity index (χ1n) is 5.99. The van der Waals surface area contributed by atoms with Crippen molar-refractivity contribution in [1.29, 1.82) is 0 Å². The molecule has 0 aliphatic heterocycles. The van der Waals surface area contributed by atoms with Crippen LogP contribution in [0.25, 0.3) is 10.9 Å². The molecule has 1 aromatic carbocycles. The topological polar surface area (TPSA) is 44.9 Å². The van der Waals surface area contributed by atoms with Crippen molar-refractivity contribution in [2.24, 2.45) is 0 Å². The molecule has 3 nitrogen and oxygen atoms in total. The number of aromatic nitrogens is 1. The van der Waals surface area contributed by atoms with Gasteiger partial charge in [-0.2, -0.15) is 0 Å². The number of carbonyl (C=O) groups is 1. The minimum atomic E-state index is 0.252. The molecule has 17 heavy (non-hydrogen) atoms. The number of carbonyl (C=O) groups excluding carboxylic acids is 1. The summed E-state index contributed by atoms with van der Waals surface area (Å²) in [4.78, 5) is 14.2. The van der Waals surface area contributed by atoms with Crippen molar-refractivity contribution < 1.29 is 4.79 Å². The van der Waals surface area contributed by atoms with Gasteiger partial charge in [-0.1, -0.05) is 18.2 Å². The molecule has 1 heterocycles. The molecule has 0 spiro atoms. The lowest BCUT2D eigenvalue weighted by molar-refractivity contribution is -0.117. The summed E-state index contributed by atoms with van der Waals surface area (Å²) in [6, 6.07) is 8.24. The highest BCUT2D eigenvalue weighted by Gasteiger charge is 2.06. The van der Waals surface area contributed by atoms with E-state index in [4.69, 9.17) is 0 Å². The van der Waals surface area contributed by atoms with Gasteiger partial charge in [-0.3, -0.25) is 0 Å². The number of para-hydroxylation sites is 1. The maximum atomic E-state index is 10.9. The third kappa shape index (κ3) is 2.67. The second kappa shape index (κ2) is 5.04. The number of benzene rings is 1. The molecular formula is C14H18N2O. The molecule has 3 heteroatoms. The van der Waals surface area contributed by atoms with Crippen molar-refractivity contribution in [3.8, 4) is 0 Å². The summed E-state index contributed by atoms with van der Waals surface area (Å²) >= 11 is 0. The van der Waals surface area contributed by atoms with Crippen molar-refractivity contribution in [3.05, 3.63) is 30.0 Å². The van der Waals surface area contributed by atoms with Crippen LogP contribution < -0.4 is 5.32 Å². The Labute approximate surface area is 101 Å². The van der Waals surface area contributed by atoms with E-state index in [1.807, 2.05) is 12.1 Å². The van der Waals surface area contributed by atoms with Crippen LogP contribution in [0.1, 0.15) is 25.5 Å². The van der Waals surface area contributed by atoms with Gasteiger partial charge in [-0.15, -0.1) is 0 Å². The van der Waals surface area contributed by atoms with Gasteiger partial charge < -0.3 is 15.1 Å². The number of nitrogens with one attached hydrogen (secondary N) is 2. The molecule has 0 atom stereocenters. The number of rotatable bonds is 5. The van der Waals surface area contributed by atoms with Crippen molar-refractivity contribution in [2.45, 2.75) is 26.7 Å². The first kappa shape index (κ1) is 11.7. The Bertz CT molecular complexity index is 528. The Morgan fingerprint density at radius 1 is 1.35 bits per heavy atom. The molecule has 0 fully saturated rings. The Kier molecular flexibility index (Phi) is 3.47. The molecule has 0 unspecified atom stereocenters. The largest absolute Gasteiger partial charge is 0.383 e. The monoisotopic (exact) mass is 230 g/mol. The number of anilines is 1. The highest BCUT2D eigenvalue weighted by molar-refractivity contribution is 5.94.